The zero-order chi connectivity index (χ0) is 20.8. The number of rotatable bonds is 6. The molecular formula is C22H27ClN4O2. The van der Waals surface area contributed by atoms with Crippen LogP contribution >= 0.6 is 11.6 Å². The summed E-state index contributed by atoms with van der Waals surface area (Å²) in [6.07, 6.45) is 0. The van der Waals surface area contributed by atoms with Crippen LogP contribution in [0.2, 0.25) is 5.02 Å². The van der Waals surface area contributed by atoms with Crippen LogP contribution in [0.25, 0.3) is 0 Å². The van der Waals surface area contributed by atoms with Crippen LogP contribution in [0, 0.1) is 13.8 Å². The molecule has 2 aromatic carbocycles. The summed E-state index contributed by atoms with van der Waals surface area (Å²) in [5.74, 6) is -0.417. The summed E-state index contributed by atoms with van der Waals surface area (Å²) < 4.78 is 0. The average Bonchev–Trinajstić information content (AvgIpc) is 2.70. The number of hydrogen-bond donors (Lipinski definition) is 2. The highest BCUT2D eigenvalue weighted by molar-refractivity contribution is 6.31. The molecule has 3 rings (SSSR count). The van der Waals surface area contributed by atoms with Crippen molar-refractivity contribution >= 4 is 34.8 Å². The maximum atomic E-state index is 12.2. The van der Waals surface area contributed by atoms with E-state index in [1.165, 1.54) is 11.3 Å². The normalized spacial score (nSPS) is 14.5. The number of anilines is 2. The molecular weight excluding hydrogens is 388 g/mol. The fourth-order valence-corrected chi connectivity index (χ4v) is 3.54. The lowest BCUT2D eigenvalue weighted by molar-refractivity contribution is -0.125. The third kappa shape index (κ3) is 5.95. The lowest BCUT2D eigenvalue weighted by atomic mass is 10.2. The van der Waals surface area contributed by atoms with E-state index in [2.05, 4.69) is 51.6 Å². The molecule has 1 fully saturated rings. The van der Waals surface area contributed by atoms with Gasteiger partial charge in [0.2, 0.25) is 11.8 Å². The second-order valence-electron chi connectivity index (χ2n) is 7.34. The predicted octanol–water partition coefficient (Wildman–Crippen LogP) is 2.83. The third-order valence-corrected chi connectivity index (χ3v) is 5.50. The zero-order valence-electron chi connectivity index (χ0n) is 16.9. The van der Waals surface area contributed by atoms with E-state index >= 15 is 0 Å². The summed E-state index contributed by atoms with van der Waals surface area (Å²) in [6, 6.07) is 13.8. The second kappa shape index (κ2) is 9.76. The summed E-state index contributed by atoms with van der Waals surface area (Å²) >= 11 is 6.06. The number of aryl methyl sites for hydroxylation is 1. The predicted molar refractivity (Wildman–Crippen MR) is 118 cm³/mol. The van der Waals surface area contributed by atoms with Crippen molar-refractivity contribution in [1.82, 2.24) is 10.2 Å². The highest BCUT2D eigenvalue weighted by Crippen LogP contribution is 2.22. The Hall–Kier alpha value is -2.57. The van der Waals surface area contributed by atoms with E-state index in [4.69, 9.17) is 11.6 Å². The number of benzene rings is 2. The van der Waals surface area contributed by atoms with Crippen molar-refractivity contribution in [2.45, 2.75) is 13.8 Å². The van der Waals surface area contributed by atoms with E-state index in [9.17, 15) is 9.59 Å². The van der Waals surface area contributed by atoms with Crippen LogP contribution in [-0.4, -0.2) is 56.0 Å². The lowest BCUT2D eigenvalue weighted by Crippen LogP contribution is -2.50. The molecule has 1 aliphatic heterocycles. The number of halogens is 1. The lowest BCUT2D eigenvalue weighted by Gasteiger charge is -2.35. The Balaban J connectivity index is 1.40. The molecule has 154 valence electrons. The van der Waals surface area contributed by atoms with Gasteiger partial charge in [0.1, 0.15) is 0 Å². The Morgan fingerprint density at radius 1 is 1.00 bits per heavy atom. The number of hydrogen-bond acceptors (Lipinski definition) is 4. The van der Waals surface area contributed by atoms with Crippen molar-refractivity contribution in [3.63, 3.8) is 0 Å². The Morgan fingerprint density at radius 2 is 1.72 bits per heavy atom. The molecule has 7 heteroatoms. The van der Waals surface area contributed by atoms with E-state index in [0.29, 0.717) is 17.3 Å². The van der Waals surface area contributed by atoms with Crippen molar-refractivity contribution in [3.8, 4) is 0 Å². The van der Waals surface area contributed by atoms with Crippen molar-refractivity contribution in [3.05, 3.63) is 58.6 Å². The van der Waals surface area contributed by atoms with Crippen LogP contribution in [0.4, 0.5) is 11.4 Å². The smallest absolute Gasteiger partial charge is 0.243 e. The van der Waals surface area contributed by atoms with Crippen LogP contribution in [0.3, 0.4) is 0 Å². The Bertz CT molecular complexity index is 879. The number of carbonyl (C=O) groups excluding carboxylic acids is 2. The van der Waals surface area contributed by atoms with E-state index in [0.717, 1.165) is 31.7 Å². The molecule has 0 spiro atoms. The van der Waals surface area contributed by atoms with Crippen molar-refractivity contribution in [2.75, 3.05) is 49.5 Å². The molecule has 1 saturated heterocycles. The van der Waals surface area contributed by atoms with E-state index in [1.807, 2.05) is 6.92 Å². The fraction of sp³-hybridized carbons (Fsp3) is 0.364. The highest BCUT2D eigenvalue weighted by Gasteiger charge is 2.19. The highest BCUT2D eigenvalue weighted by atomic mass is 35.5. The van der Waals surface area contributed by atoms with Gasteiger partial charge in [-0.05, 0) is 49.2 Å². The van der Waals surface area contributed by atoms with Crippen LogP contribution in [0.1, 0.15) is 11.1 Å². The molecule has 29 heavy (non-hydrogen) atoms. The van der Waals surface area contributed by atoms with E-state index in [-0.39, 0.29) is 18.4 Å². The SMILES string of the molecule is Cc1cccc(N2CCN(CC(=O)NCC(=O)Nc3cccc(Cl)c3C)CC2)c1. The Kier molecular flexibility index (Phi) is 7.12. The third-order valence-electron chi connectivity index (χ3n) is 5.09. The molecule has 0 unspecified atom stereocenters. The van der Waals surface area contributed by atoms with E-state index in [1.54, 1.807) is 18.2 Å². The summed E-state index contributed by atoms with van der Waals surface area (Å²) in [7, 11) is 0. The number of piperazine rings is 1. The first kappa shape index (κ1) is 21.1. The van der Waals surface area contributed by atoms with Gasteiger partial charge in [-0.15, -0.1) is 0 Å². The standard InChI is InChI=1S/C22H27ClN4O2/c1-16-5-3-6-18(13-16)27-11-9-26(10-12-27)15-22(29)24-14-21(28)25-20-8-4-7-19(23)17(20)2/h3-8,13H,9-12,14-15H2,1-2H3,(H,24,29)(H,25,28). The van der Waals surface area contributed by atoms with Gasteiger partial charge in [0.25, 0.3) is 0 Å². The van der Waals surface area contributed by atoms with Gasteiger partial charge in [-0.1, -0.05) is 29.8 Å². The van der Waals surface area contributed by atoms with Gasteiger partial charge < -0.3 is 15.5 Å². The van der Waals surface area contributed by atoms with Crippen LogP contribution in [0.5, 0.6) is 0 Å². The Morgan fingerprint density at radius 3 is 2.45 bits per heavy atom. The van der Waals surface area contributed by atoms with Gasteiger partial charge in [-0.2, -0.15) is 0 Å². The maximum Gasteiger partial charge on any atom is 0.243 e. The number of amides is 2. The zero-order valence-corrected chi connectivity index (χ0v) is 17.6. The molecule has 1 aliphatic rings. The Labute approximate surface area is 176 Å². The molecule has 0 aliphatic carbocycles. The molecule has 0 aromatic heterocycles. The molecule has 0 bridgehead atoms. The van der Waals surface area contributed by atoms with Crippen LogP contribution in [-0.2, 0) is 9.59 Å². The van der Waals surface area contributed by atoms with E-state index < -0.39 is 0 Å². The van der Waals surface area contributed by atoms with Gasteiger partial charge in [0, 0.05) is 42.6 Å². The first-order valence-electron chi connectivity index (χ1n) is 9.78. The molecule has 2 aromatic rings. The minimum absolute atomic E-state index is 0.0615. The first-order chi connectivity index (χ1) is 13.9. The second-order valence-corrected chi connectivity index (χ2v) is 7.75. The number of carbonyl (C=O) groups is 2. The van der Waals surface area contributed by atoms with Gasteiger partial charge in [0.05, 0.1) is 13.1 Å². The summed E-state index contributed by atoms with van der Waals surface area (Å²) in [5.41, 5.74) is 3.93. The van der Waals surface area contributed by atoms with Gasteiger partial charge in [0.15, 0.2) is 0 Å². The minimum atomic E-state index is -0.270. The fourth-order valence-electron chi connectivity index (χ4n) is 3.36. The largest absolute Gasteiger partial charge is 0.369 e. The van der Waals surface area contributed by atoms with Crippen molar-refractivity contribution in [2.24, 2.45) is 0 Å². The number of nitrogens with zero attached hydrogens (tertiary/aromatic N) is 2. The van der Waals surface area contributed by atoms with Crippen LogP contribution < -0.4 is 15.5 Å². The van der Waals surface area contributed by atoms with Gasteiger partial charge in [-0.3, -0.25) is 14.5 Å². The monoisotopic (exact) mass is 414 g/mol. The molecule has 1 heterocycles. The maximum absolute atomic E-state index is 12.2. The average molecular weight is 415 g/mol. The molecule has 2 N–H and O–H groups in total. The van der Waals surface area contributed by atoms with Gasteiger partial charge >= 0.3 is 0 Å². The summed E-state index contributed by atoms with van der Waals surface area (Å²) in [6.45, 7) is 7.56. The van der Waals surface area contributed by atoms with Gasteiger partial charge in [-0.25, -0.2) is 0 Å². The minimum Gasteiger partial charge on any atom is -0.369 e. The van der Waals surface area contributed by atoms with Crippen molar-refractivity contribution in [1.29, 1.82) is 0 Å². The molecule has 0 saturated carbocycles. The molecule has 0 radical (unpaired) electrons. The van der Waals surface area contributed by atoms with Crippen LogP contribution in [0.15, 0.2) is 42.5 Å². The topological polar surface area (TPSA) is 64.7 Å². The molecule has 2 amide bonds. The molecule has 0 atom stereocenters. The van der Waals surface area contributed by atoms with Crippen molar-refractivity contribution < 1.29 is 9.59 Å². The quantitative estimate of drug-likeness (QED) is 0.762. The molecule has 6 nitrogen and oxygen atoms in total. The summed E-state index contributed by atoms with van der Waals surface area (Å²) in [5, 5.41) is 6.07. The first-order valence-corrected chi connectivity index (χ1v) is 10.2. The number of nitrogens with one attached hydrogen (secondary N) is 2. The summed E-state index contributed by atoms with van der Waals surface area (Å²) in [4.78, 5) is 28.8.